The predicted octanol–water partition coefficient (Wildman–Crippen LogP) is 2.16. The Bertz CT molecular complexity index is 505. The van der Waals surface area contributed by atoms with Crippen LogP contribution < -0.4 is 0 Å². The highest BCUT2D eigenvalue weighted by atomic mass is 32.2. The van der Waals surface area contributed by atoms with Crippen LogP contribution in [0.15, 0.2) is 24.3 Å². The maximum absolute atomic E-state index is 11.5. The summed E-state index contributed by atoms with van der Waals surface area (Å²) in [5, 5.41) is 8.29. The standard InChI is InChI=1S/C14H18O4S/c15-13(16)9-10-5-7-12(8-6-10)14(19(17)18)11-3-1-2-4-11/h5-8,11,14,19H,1-4,9H2,(H,15,16). The van der Waals surface area contributed by atoms with E-state index in [9.17, 15) is 13.2 Å². The zero-order valence-electron chi connectivity index (χ0n) is 10.6. The Morgan fingerprint density at radius 1 is 1.21 bits per heavy atom. The fourth-order valence-electron chi connectivity index (χ4n) is 2.85. The summed E-state index contributed by atoms with van der Waals surface area (Å²) in [5.74, 6) is -0.665. The van der Waals surface area contributed by atoms with Gasteiger partial charge in [0.2, 0.25) is 0 Å². The summed E-state index contributed by atoms with van der Waals surface area (Å²) in [6.45, 7) is 0. The van der Waals surface area contributed by atoms with Crippen molar-refractivity contribution in [3.8, 4) is 0 Å². The molecule has 1 fully saturated rings. The summed E-state index contributed by atoms with van der Waals surface area (Å²) < 4.78 is 23.0. The molecule has 0 aliphatic heterocycles. The van der Waals surface area contributed by atoms with Gasteiger partial charge in [-0.05, 0) is 29.9 Å². The molecule has 0 bridgehead atoms. The van der Waals surface area contributed by atoms with Crippen LogP contribution in [0, 0.1) is 5.92 Å². The van der Waals surface area contributed by atoms with Gasteiger partial charge in [0.1, 0.15) is 10.7 Å². The number of thiol groups is 1. The monoisotopic (exact) mass is 282 g/mol. The van der Waals surface area contributed by atoms with Gasteiger partial charge in [0.25, 0.3) is 0 Å². The number of benzene rings is 1. The molecule has 0 spiro atoms. The molecule has 0 amide bonds. The fraction of sp³-hybridized carbons (Fsp3) is 0.500. The third-order valence-electron chi connectivity index (χ3n) is 3.75. The Hall–Kier alpha value is -1.36. The van der Waals surface area contributed by atoms with Crippen LogP contribution >= 0.6 is 0 Å². The maximum atomic E-state index is 11.5. The fourth-order valence-corrected chi connectivity index (χ4v) is 3.90. The van der Waals surface area contributed by atoms with E-state index in [1.54, 1.807) is 24.3 Å². The zero-order chi connectivity index (χ0) is 13.8. The number of carboxylic acids is 1. The van der Waals surface area contributed by atoms with Crippen LogP contribution in [0.5, 0.6) is 0 Å². The van der Waals surface area contributed by atoms with Crippen molar-refractivity contribution in [3.63, 3.8) is 0 Å². The Kier molecular flexibility index (Phi) is 4.58. The maximum Gasteiger partial charge on any atom is 0.307 e. The largest absolute Gasteiger partial charge is 0.481 e. The molecule has 0 saturated heterocycles. The molecule has 5 heteroatoms. The molecule has 1 aliphatic rings. The normalized spacial score (nSPS) is 17.7. The second-order valence-corrected chi connectivity index (χ2v) is 6.21. The first-order valence-corrected chi connectivity index (χ1v) is 7.76. The molecular formula is C14H18O4S. The van der Waals surface area contributed by atoms with E-state index in [0.29, 0.717) is 5.56 Å². The van der Waals surface area contributed by atoms with Crippen molar-refractivity contribution in [1.82, 2.24) is 0 Å². The first kappa shape index (κ1) is 14.1. The first-order valence-electron chi connectivity index (χ1n) is 6.52. The van der Waals surface area contributed by atoms with Crippen LogP contribution in [-0.4, -0.2) is 19.5 Å². The molecule has 1 saturated carbocycles. The Morgan fingerprint density at radius 2 is 1.79 bits per heavy atom. The minimum atomic E-state index is -2.49. The van der Waals surface area contributed by atoms with Crippen molar-refractivity contribution in [1.29, 1.82) is 0 Å². The second kappa shape index (κ2) is 6.19. The van der Waals surface area contributed by atoms with Crippen molar-refractivity contribution < 1.29 is 18.3 Å². The van der Waals surface area contributed by atoms with Gasteiger partial charge < -0.3 is 5.11 Å². The van der Waals surface area contributed by atoms with Crippen LogP contribution in [0.1, 0.15) is 42.1 Å². The van der Waals surface area contributed by atoms with Crippen LogP contribution in [0.3, 0.4) is 0 Å². The van der Waals surface area contributed by atoms with E-state index in [2.05, 4.69) is 0 Å². The molecule has 1 aromatic rings. The highest BCUT2D eigenvalue weighted by Gasteiger charge is 2.28. The molecule has 1 atom stereocenters. The minimum absolute atomic E-state index is 0.0299. The van der Waals surface area contributed by atoms with Crippen LogP contribution in [-0.2, 0) is 21.9 Å². The third kappa shape index (κ3) is 3.56. The lowest BCUT2D eigenvalue weighted by molar-refractivity contribution is -0.136. The Balaban J connectivity index is 2.20. The number of carboxylic acid groups (broad SMARTS) is 1. The highest BCUT2D eigenvalue weighted by molar-refractivity contribution is 7.72. The van der Waals surface area contributed by atoms with Gasteiger partial charge in [-0.1, -0.05) is 37.1 Å². The van der Waals surface area contributed by atoms with Crippen LogP contribution in [0.25, 0.3) is 0 Å². The molecule has 104 valence electrons. The van der Waals surface area contributed by atoms with Gasteiger partial charge in [0.05, 0.1) is 11.7 Å². The second-order valence-electron chi connectivity index (χ2n) is 5.09. The van der Waals surface area contributed by atoms with E-state index >= 15 is 0 Å². The molecule has 0 aromatic heterocycles. The quantitative estimate of drug-likeness (QED) is 0.812. The number of carbonyl (C=O) groups is 1. The molecule has 1 unspecified atom stereocenters. The van der Waals surface area contributed by atoms with E-state index in [1.807, 2.05) is 0 Å². The molecular weight excluding hydrogens is 264 g/mol. The predicted molar refractivity (Wildman–Crippen MR) is 72.8 cm³/mol. The summed E-state index contributed by atoms with van der Waals surface area (Å²) in [7, 11) is -2.49. The van der Waals surface area contributed by atoms with Gasteiger partial charge in [-0.15, -0.1) is 0 Å². The van der Waals surface area contributed by atoms with Gasteiger partial charge in [0, 0.05) is 0 Å². The summed E-state index contributed by atoms with van der Waals surface area (Å²) in [4.78, 5) is 10.6. The molecule has 2 rings (SSSR count). The lowest BCUT2D eigenvalue weighted by atomic mass is 9.96. The van der Waals surface area contributed by atoms with E-state index in [-0.39, 0.29) is 12.3 Å². The number of hydrogen-bond donors (Lipinski definition) is 2. The third-order valence-corrected chi connectivity index (χ3v) is 4.92. The number of rotatable bonds is 5. The van der Waals surface area contributed by atoms with Crippen molar-refractivity contribution in [2.24, 2.45) is 5.92 Å². The van der Waals surface area contributed by atoms with E-state index in [1.165, 1.54) is 0 Å². The summed E-state index contributed by atoms with van der Waals surface area (Å²) in [6, 6.07) is 6.94. The lowest BCUT2D eigenvalue weighted by Gasteiger charge is -2.18. The number of hydrogen-bond acceptors (Lipinski definition) is 3. The zero-order valence-corrected chi connectivity index (χ0v) is 11.5. The molecule has 1 N–H and O–H groups in total. The summed E-state index contributed by atoms with van der Waals surface area (Å²) >= 11 is 0. The molecule has 0 radical (unpaired) electrons. The number of aliphatic carboxylic acids is 1. The van der Waals surface area contributed by atoms with Gasteiger partial charge >= 0.3 is 5.97 Å². The molecule has 1 aromatic carbocycles. The van der Waals surface area contributed by atoms with E-state index in [0.717, 1.165) is 31.2 Å². The molecule has 1 aliphatic carbocycles. The van der Waals surface area contributed by atoms with Crippen molar-refractivity contribution in [2.45, 2.75) is 37.4 Å². The average Bonchev–Trinajstić information content (AvgIpc) is 2.84. The smallest absolute Gasteiger partial charge is 0.307 e. The average molecular weight is 282 g/mol. The molecule has 4 nitrogen and oxygen atoms in total. The van der Waals surface area contributed by atoms with Crippen molar-refractivity contribution in [3.05, 3.63) is 35.4 Å². The Morgan fingerprint density at radius 3 is 2.26 bits per heavy atom. The van der Waals surface area contributed by atoms with E-state index < -0.39 is 21.9 Å². The Labute approximate surface area is 114 Å². The van der Waals surface area contributed by atoms with Gasteiger partial charge in [-0.2, -0.15) is 0 Å². The SMILES string of the molecule is O=C(O)Cc1ccc(C(C2CCCC2)[SH](=O)=O)cc1. The summed E-state index contributed by atoms with van der Waals surface area (Å²) in [5.41, 5.74) is 1.49. The molecule has 19 heavy (non-hydrogen) atoms. The van der Waals surface area contributed by atoms with Gasteiger partial charge in [-0.3, -0.25) is 4.79 Å². The van der Waals surface area contributed by atoms with Gasteiger partial charge in [0.15, 0.2) is 0 Å². The van der Waals surface area contributed by atoms with Crippen LogP contribution in [0.4, 0.5) is 0 Å². The van der Waals surface area contributed by atoms with Crippen molar-refractivity contribution in [2.75, 3.05) is 0 Å². The minimum Gasteiger partial charge on any atom is -0.481 e. The highest BCUT2D eigenvalue weighted by Crippen LogP contribution is 2.37. The van der Waals surface area contributed by atoms with Crippen molar-refractivity contribution >= 4 is 16.7 Å². The first-order chi connectivity index (χ1) is 9.08. The summed E-state index contributed by atoms with van der Waals surface area (Å²) in [6.07, 6.45) is 4.09. The van der Waals surface area contributed by atoms with E-state index in [4.69, 9.17) is 5.11 Å². The van der Waals surface area contributed by atoms with Gasteiger partial charge in [-0.25, -0.2) is 8.42 Å². The lowest BCUT2D eigenvalue weighted by Crippen LogP contribution is -2.11. The molecule has 0 heterocycles. The topological polar surface area (TPSA) is 71.4 Å². The van der Waals surface area contributed by atoms with Crippen LogP contribution in [0.2, 0.25) is 0 Å².